The number of anilines is 3. The van der Waals surface area contributed by atoms with Crippen LogP contribution in [0.25, 0.3) is 11.3 Å². The van der Waals surface area contributed by atoms with E-state index in [1.165, 1.54) is 17.4 Å². The normalized spacial score (nSPS) is 10.5. The maximum Gasteiger partial charge on any atom is 0.354 e. The van der Waals surface area contributed by atoms with Crippen molar-refractivity contribution < 1.29 is 14.6 Å². The topological polar surface area (TPSA) is 100 Å². The number of thiazole rings is 1. The number of carboxylic acids is 1. The number of nitrogens with zero attached hydrogens (tertiary/aromatic N) is 4. The van der Waals surface area contributed by atoms with Gasteiger partial charge in [-0.05, 0) is 18.2 Å². The summed E-state index contributed by atoms with van der Waals surface area (Å²) in [5.41, 5.74) is 1.67. The molecule has 0 amide bonds. The van der Waals surface area contributed by atoms with Gasteiger partial charge in [-0.2, -0.15) is 0 Å². The van der Waals surface area contributed by atoms with Crippen molar-refractivity contribution in [3.63, 3.8) is 0 Å². The number of ether oxygens (including phenoxy) is 1. The van der Waals surface area contributed by atoms with Gasteiger partial charge in [0.15, 0.2) is 10.8 Å². The molecule has 0 saturated carbocycles. The van der Waals surface area contributed by atoms with Crippen LogP contribution in [-0.4, -0.2) is 40.1 Å². The number of aromatic carboxylic acids is 1. The highest BCUT2D eigenvalue weighted by molar-refractivity contribution is 7.17. The molecule has 3 aromatic heterocycles. The summed E-state index contributed by atoms with van der Waals surface area (Å²) in [5.74, 6) is 0.329. The summed E-state index contributed by atoms with van der Waals surface area (Å²) in [6.07, 6.45) is 1.61. The van der Waals surface area contributed by atoms with E-state index in [2.05, 4.69) is 15.3 Å². The van der Waals surface area contributed by atoms with E-state index < -0.39 is 5.97 Å². The Kier molecular flexibility index (Phi) is 5.76. The highest BCUT2D eigenvalue weighted by Gasteiger charge is 2.17. The first kappa shape index (κ1) is 20.3. The van der Waals surface area contributed by atoms with Crippen molar-refractivity contribution in [2.75, 3.05) is 24.3 Å². The average Bonchev–Trinajstić information content (AvgIpc) is 3.19. The molecule has 8 nitrogen and oxygen atoms in total. The number of nitrogens with one attached hydrogen (secondary N) is 1. The van der Waals surface area contributed by atoms with E-state index in [0.29, 0.717) is 22.4 Å². The Balaban J connectivity index is 1.61. The maximum absolute atomic E-state index is 11.1. The number of carbonyl (C=O) groups is 1. The Morgan fingerprint density at radius 3 is 2.58 bits per heavy atom. The van der Waals surface area contributed by atoms with Crippen LogP contribution in [0.3, 0.4) is 0 Å². The van der Waals surface area contributed by atoms with Gasteiger partial charge in [0.1, 0.15) is 23.1 Å². The third-order valence-corrected chi connectivity index (χ3v) is 5.28. The number of aromatic nitrogens is 3. The van der Waals surface area contributed by atoms with Gasteiger partial charge < -0.3 is 20.1 Å². The van der Waals surface area contributed by atoms with E-state index >= 15 is 0 Å². The van der Waals surface area contributed by atoms with Crippen LogP contribution in [0.15, 0.2) is 66.9 Å². The third kappa shape index (κ3) is 4.78. The van der Waals surface area contributed by atoms with Crippen LogP contribution in [0, 0.1) is 0 Å². The van der Waals surface area contributed by atoms with Crippen LogP contribution < -0.4 is 15.0 Å². The summed E-state index contributed by atoms with van der Waals surface area (Å²) in [4.78, 5) is 26.1. The molecule has 0 spiro atoms. The summed E-state index contributed by atoms with van der Waals surface area (Å²) in [5, 5.41) is 13.6. The molecule has 0 radical (unpaired) electrons. The van der Waals surface area contributed by atoms with Crippen molar-refractivity contribution in [2.24, 2.45) is 0 Å². The number of hydrogen-bond donors (Lipinski definition) is 2. The summed E-state index contributed by atoms with van der Waals surface area (Å²) in [7, 11) is 3.87. The SMILES string of the molecule is CN(C)c1nc(-c2ccccc2)c(Oc2ccnc(Nc3cccc(C(=O)O)n3)c2)s1. The summed E-state index contributed by atoms with van der Waals surface area (Å²) in [6, 6.07) is 18.0. The van der Waals surface area contributed by atoms with Gasteiger partial charge in [-0.3, -0.25) is 0 Å². The van der Waals surface area contributed by atoms with Crippen LogP contribution in [0.5, 0.6) is 10.8 Å². The highest BCUT2D eigenvalue weighted by atomic mass is 32.1. The van der Waals surface area contributed by atoms with E-state index in [0.717, 1.165) is 16.4 Å². The molecule has 0 aliphatic carbocycles. The Labute approximate surface area is 182 Å². The van der Waals surface area contributed by atoms with Gasteiger partial charge in [-0.1, -0.05) is 47.7 Å². The minimum atomic E-state index is -1.09. The first-order valence-electron chi connectivity index (χ1n) is 9.34. The van der Waals surface area contributed by atoms with Crippen molar-refractivity contribution in [2.45, 2.75) is 0 Å². The number of carboxylic acid groups (broad SMARTS) is 1. The molecule has 0 aliphatic rings. The fourth-order valence-electron chi connectivity index (χ4n) is 2.74. The smallest absolute Gasteiger partial charge is 0.354 e. The zero-order chi connectivity index (χ0) is 21.8. The van der Waals surface area contributed by atoms with Gasteiger partial charge in [0.2, 0.25) is 5.06 Å². The molecule has 0 atom stereocenters. The lowest BCUT2D eigenvalue weighted by Gasteiger charge is -2.09. The standard InChI is InChI=1S/C22H19N5O3S/c1-27(2)22-26-19(14-7-4-3-5-8-14)21(31-22)30-15-11-12-23-18(13-15)25-17-10-6-9-16(24-17)20(28)29/h3-13H,1-2H3,(H,28,29)(H,23,24,25). The number of benzene rings is 1. The lowest BCUT2D eigenvalue weighted by atomic mass is 10.2. The molecule has 0 fully saturated rings. The monoisotopic (exact) mass is 433 g/mol. The van der Waals surface area contributed by atoms with Crippen molar-refractivity contribution in [1.82, 2.24) is 15.0 Å². The first-order valence-corrected chi connectivity index (χ1v) is 10.2. The summed E-state index contributed by atoms with van der Waals surface area (Å²) < 4.78 is 6.17. The quantitative estimate of drug-likeness (QED) is 0.424. The Morgan fingerprint density at radius 2 is 1.84 bits per heavy atom. The van der Waals surface area contributed by atoms with Crippen LogP contribution >= 0.6 is 11.3 Å². The van der Waals surface area contributed by atoms with Crippen LogP contribution in [0.1, 0.15) is 10.5 Å². The fourth-order valence-corrected chi connectivity index (χ4v) is 3.62. The molecule has 0 aliphatic heterocycles. The lowest BCUT2D eigenvalue weighted by molar-refractivity contribution is 0.0690. The largest absolute Gasteiger partial charge is 0.477 e. The molecule has 156 valence electrons. The van der Waals surface area contributed by atoms with Gasteiger partial charge >= 0.3 is 5.97 Å². The number of rotatable bonds is 7. The van der Waals surface area contributed by atoms with E-state index in [9.17, 15) is 4.79 Å². The van der Waals surface area contributed by atoms with E-state index in [1.807, 2.05) is 49.3 Å². The van der Waals surface area contributed by atoms with Gasteiger partial charge in [-0.15, -0.1) is 0 Å². The highest BCUT2D eigenvalue weighted by Crippen LogP contribution is 2.41. The van der Waals surface area contributed by atoms with E-state index in [1.54, 1.807) is 30.5 Å². The molecule has 0 unspecified atom stereocenters. The molecule has 4 aromatic rings. The molecular weight excluding hydrogens is 414 g/mol. The second-order valence-electron chi connectivity index (χ2n) is 6.71. The van der Waals surface area contributed by atoms with Crippen LogP contribution in [0.4, 0.5) is 16.8 Å². The van der Waals surface area contributed by atoms with Crippen molar-refractivity contribution in [3.05, 3.63) is 72.6 Å². The Bertz CT molecular complexity index is 1210. The lowest BCUT2D eigenvalue weighted by Crippen LogP contribution is -2.07. The van der Waals surface area contributed by atoms with Crippen LogP contribution in [0.2, 0.25) is 0 Å². The van der Waals surface area contributed by atoms with Crippen molar-refractivity contribution >= 4 is 34.1 Å². The van der Waals surface area contributed by atoms with Gasteiger partial charge in [0.05, 0.1) is 0 Å². The second-order valence-corrected chi connectivity index (χ2v) is 7.65. The first-order chi connectivity index (χ1) is 15.0. The molecular formula is C22H19N5O3S. The number of hydrogen-bond acceptors (Lipinski definition) is 8. The predicted molar refractivity (Wildman–Crippen MR) is 121 cm³/mol. The molecule has 4 rings (SSSR count). The minimum Gasteiger partial charge on any atom is -0.477 e. The number of pyridine rings is 2. The zero-order valence-electron chi connectivity index (χ0n) is 16.8. The minimum absolute atomic E-state index is 0.0502. The molecule has 9 heteroatoms. The van der Waals surface area contributed by atoms with E-state index in [4.69, 9.17) is 14.8 Å². The summed E-state index contributed by atoms with van der Waals surface area (Å²) >= 11 is 1.45. The Morgan fingerprint density at radius 1 is 1.03 bits per heavy atom. The van der Waals surface area contributed by atoms with Crippen molar-refractivity contribution in [1.29, 1.82) is 0 Å². The average molecular weight is 433 g/mol. The zero-order valence-corrected chi connectivity index (χ0v) is 17.6. The van der Waals surface area contributed by atoms with Gasteiger partial charge in [0.25, 0.3) is 0 Å². The summed E-state index contributed by atoms with van der Waals surface area (Å²) in [6.45, 7) is 0. The maximum atomic E-state index is 11.1. The molecule has 2 N–H and O–H groups in total. The Hall–Kier alpha value is -3.98. The third-order valence-electron chi connectivity index (χ3n) is 4.18. The predicted octanol–water partition coefficient (Wildman–Crippen LogP) is 4.90. The molecule has 3 heterocycles. The molecule has 1 aromatic carbocycles. The van der Waals surface area contributed by atoms with Gasteiger partial charge in [-0.25, -0.2) is 19.7 Å². The fraction of sp³-hybridized carbons (Fsp3) is 0.0909. The second kappa shape index (κ2) is 8.80. The van der Waals surface area contributed by atoms with E-state index in [-0.39, 0.29) is 5.69 Å². The molecule has 31 heavy (non-hydrogen) atoms. The van der Waals surface area contributed by atoms with Crippen LogP contribution in [-0.2, 0) is 0 Å². The van der Waals surface area contributed by atoms with Gasteiger partial charge in [0, 0.05) is 31.9 Å². The molecule has 0 bridgehead atoms. The molecule has 0 saturated heterocycles. The van der Waals surface area contributed by atoms with Crippen molar-refractivity contribution in [3.8, 4) is 22.1 Å².